The molecule has 2 heterocycles. The van der Waals surface area contributed by atoms with Gasteiger partial charge in [-0.2, -0.15) is 0 Å². The van der Waals surface area contributed by atoms with Crippen LogP contribution in [0.2, 0.25) is 0 Å². The van der Waals surface area contributed by atoms with Crippen molar-refractivity contribution in [2.24, 2.45) is 0 Å². The van der Waals surface area contributed by atoms with Crippen molar-refractivity contribution in [2.75, 3.05) is 13.1 Å². The molecule has 5 heteroatoms. The Bertz CT molecular complexity index is 1330. The van der Waals surface area contributed by atoms with Gasteiger partial charge < -0.3 is 15.2 Å². The molecule has 5 rings (SSSR count). The minimum Gasteiger partial charge on any atom is -0.361 e. The van der Waals surface area contributed by atoms with Crippen LogP contribution in [0.4, 0.5) is 0 Å². The first kappa shape index (κ1) is 21.7. The van der Waals surface area contributed by atoms with E-state index in [1.165, 1.54) is 16.5 Å². The lowest BCUT2D eigenvalue weighted by Crippen LogP contribution is -2.50. The number of hydrogen-bond donors (Lipinski definition) is 2. The van der Waals surface area contributed by atoms with Gasteiger partial charge in [0.1, 0.15) is 6.04 Å². The van der Waals surface area contributed by atoms with Gasteiger partial charge in [-0.05, 0) is 35.8 Å². The van der Waals surface area contributed by atoms with Crippen molar-refractivity contribution >= 4 is 28.3 Å². The maximum atomic E-state index is 13.6. The first-order valence-corrected chi connectivity index (χ1v) is 11.6. The predicted molar refractivity (Wildman–Crippen MR) is 135 cm³/mol. The number of nitrogens with one attached hydrogen (secondary N) is 2. The molecule has 0 bridgehead atoms. The zero-order valence-electron chi connectivity index (χ0n) is 18.9. The SMILES string of the molecule is O=C(N[C@@H](Cc1ccccc1)C(=O)N1CC=C(c2c[nH]c3ccccc23)CC1)c1ccccc1. The van der Waals surface area contributed by atoms with Gasteiger partial charge in [0.25, 0.3) is 5.91 Å². The second-order valence-corrected chi connectivity index (χ2v) is 8.59. The van der Waals surface area contributed by atoms with E-state index in [9.17, 15) is 9.59 Å². The van der Waals surface area contributed by atoms with Crippen LogP contribution in [-0.2, 0) is 11.2 Å². The van der Waals surface area contributed by atoms with Crippen molar-refractivity contribution in [2.45, 2.75) is 18.9 Å². The van der Waals surface area contributed by atoms with Gasteiger partial charge in [-0.25, -0.2) is 0 Å². The first-order chi connectivity index (χ1) is 16.7. The third kappa shape index (κ3) is 4.64. The standard InChI is InChI=1S/C29H27N3O2/c33-28(23-11-5-2-6-12-23)31-27(19-21-9-3-1-4-10-21)29(34)32-17-15-22(16-18-32)25-20-30-26-14-8-7-13-24(25)26/h1-15,20,27,30H,16-19H2,(H,31,33)/t27-/m0/s1. The van der Waals surface area contributed by atoms with Crippen LogP contribution in [0.15, 0.2) is 97.2 Å². The van der Waals surface area contributed by atoms with E-state index in [1.54, 1.807) is 12.1 Å². The smallest absolute Gasteiger partial charge is 0.251 e. The highest BCUT2D eigenvalue weighted by atomic mass is 16.2. The van der Waals surface area contributed by atoms with Crippen LogP contribution < -0.4 is 5.32 Å². The van der Waals surface area contributed by atoms with Crippen LogP contribution in [0.3, 0.4) is 0 Å². The van der Waals surface area contributed by atoms with Gasteiger partial charge in [-0.1, -0.05) is 72.8 Å². The van der Waals surface area contributed by atoms with E-state index >= 15 is 0 Å². The molecular weight excluding hydrogens is 422 g/mol. The summed E-state index contributed by atoms with van der Waals surface area (Å²) in [4.78, 5) is 31.6. The number of carbonyl (C=O) groups excluding carboxylic acids is 2. The summed E-state index contributed by atoms with van der Waals surface area (Å²) in [6.45, 7) is 1.15. The zero-order chi connectivity index (χ0) is 23.3. The van der Waals surface area contributed by atoms with Crippen molar-refractivity contribution < 1.29 is 9.59 Å². The average Bonchev–Trinajstić information content (AvgIpc) is 3.33. The van der Waals surface area contributed by atoms with Gasteiger partial charge in [-0.3, -0.25) is 9.59 Å². The van der Waals surface area contributed by atoms with Crippen LogP contribution >= 0.6 is 0 Å². The Morgan fingerprint density at radius 2 is 1.62 bits per heavy atom. The molecule has 170 valence electrons. The van der Waals surface area contributed by atoms with Gasteiger partial charge in [0.2, 0.25) is 5.91 Å². The maximum absolute atomic E-state index is 13.6. The van der Waals surface area contributed by atoms with Crippen molar-refractivity contribution in [3.05, 3.63) is 114 Å². The predicted octanol–water partition coefficient (Wildman–Crippen LogP) is 4.82. The number of para-hydroxylation sites is 1. The Balaban J connectivity index is 1.34. The van der Waals surface area contributed by atoms with Crippen LogP contribution in [0.5, 0.6) is 0 Å². The molecule has 1 atom stereocenters. The number of benzene rings is 3. The normalized spacial score (nSPS) is 14.5. The molecule has 0 fully saturated rings. The van der Waals surface area contributed by atoms with Gasteiger partial charge in [0.05, 0.1) is 0 Å². The van der Waals surface area contributed by atoms with Crippen LogP contribution in [0.25, 0.3) is 16.5 Å². The lowest BCUT2D eigenvalue weighted by Gasteiger charge is -2.30. The fourth-order valence-corrected chi connectivity index (χ4v) is 4.55. The zero-order valence-corrected chi connectivity index (χ0v) is 18.9. The molecule has 0 radical (unpaired) electrons. The molecule has 1 aromatic heterocycles. The molecule has 0 unspecified atom stereocenters. The molecule has 1 aliphatic rings. The Hall–Kier alpha value is -4.12. The molecule has 0 spiro atoms. The highest BCUT2D eigenvalue weighted by Gasteiger charge is 2.28. The molecule has 1 aliphatic heterocycles. The monoisotopic (exact) mass is 449 g/mol. The number of aromatic nitrogens is 1. The Morgan fingerprint density at radius 1 is 0.912 bits per heavy atom. The van der Waals surface area contributed by atoms with E-state index in [0.29, 0.717) is 25.1 Å². The number of aromatic amines is 1. The topological polar surface area (TPSA) is 65.2 Å². The Kier molecular flexibility index (Phi) is 6.25. The molecule has 34 heavy (non-hydrogen) atoms. The highest BCUT2D eigenvalue weighted by molar-refractivity contribution is 5.98. The minimum atomic E-state index is -0.627. The molecule has 4 aromatic rings. The third-order valence-corrected chi connectivity index (χ3v) is 6.38. The van der Waals surface area contributed by atoms with E-state index in [0.717, 1.165) is 17.5 Å². The molecule has 3 aromatic carbocycles. The van der Waals surface area contributed by atoms with Gasteiger partial charge >= 0.3 is 0 Å². The summed E-state index contributed by atoms with van der Waals surface area (Å²) in [6.07, 6.45) is 5.41. The van der Waals surface area contributed by atoms with E-state index in [2.05, 4.69) is 28.5 Å². The van der Waals surface area contributed by atoms with E-state index in [-0.39, 0.29) is 11.8 Å². The fourth-order valence-electron chi connectivity index (χ4n) is 4.55. The number of hydrogen-bond acceptors (Lipinski definition) is 2. The first-order valence-electron chi connectivity index (χ1n) is 11.6. The van der Waals surface area contributed by atoms with Crippen LogP contribution in [0.1, 0.15) is 27.9 Å². The van der Waals surface area contributed by atoms with Gasteiger partial charge in [0, 0.05) is 47.7 Å². The molecule has 0 saturated heterocycles. The van der Waals surface area contributed by atoms with E-state index in [4.69, 9.17) is 0 Å². The van der Waals surface area contributed by atoms with Crippen molar-refractivity contribution in [1.82, 2.24) is 15.2 Å². The second-order valence-electron chi connectivity index (χ2n) is 8.59. The lowest BCUT2D eigenvalue weighted by molar-refractivity contribution is -0.132. The summed E-state index contributed by atoms with van der Waals surface area (Å²) in [7, 11) is 0. The Morgan fingerprint density at radius 3 is 2.35 bits per heavy atom. The molecular formula is C29H27N3O2. The second kappa shape index (κ2) is 9.79. The maximum Gasteiger partial charge on any atom is 0.251 e. The molecule has 0 aliphatic carbocycles. The van der Waals surface area contributed by atoms with Crippen LogP contribution in [0, 0.1) is 0 Å². The summed E-state index contributed by atoms with van der Waals surface area (Å²) in [5.41, 5.74) is 5.12. The summed E-state index contributed by atoms with van der Waals surface area (Å²) < 4.78 is 0. The van der Waals surface area contributed by atoms with Crippen molar-refractivity contribution in [3.63, 3.8) is 0 Å². The summed E-state index contributed by atoms with van der Waals surface area (Å²) in [6, 6.07) is 26.5. The summed E-state index contributed by atoms with van der Waals surface area (Å²) in [5.74, 6) is -0.288. The molecule has 2 amide bonds. The Labute approximate surface area is 199 Å². The summed E-state index contributed by atoms with van der Waals surface area (Å²) in [5, 5.41) is 4.19. The largest absolute Gasteiger partial charge is 0.361 e. The molecule has 0 saturated carbocycles. The van der Waals surface area contributed by atoms with Crippen molar-refractivity contribution in [1.29, 1.82) is 0 Å². The highest BCUT2D eigenvalue weighted by Crippen LogP contribution is 2.29. The summed E-state index contributed by atoms with van der Waals surface area (Å²) >= 11 is 0. The number of carbonyl (C=O) groups is 2. The lowest BCUT2D eigenvalue weighted by atomic mass is 9.97. The van der Waals surface area contributed by atoms with Crippen molar-refractivity contribution in [3.8, 4) is 0 Å². The van der Waals surface area contributed by atoms with E-state index < -0.39 is 6.04 Å². The minimum absolute atomic E-state index is 0.0534. The number of H-pyrrole nitrogens is 1. The fraction of sp³-hybridized carbons (Fsp3) is 0.172. The number of rotatable bonds is 6. The number of nitrogens with zero attached hydrogens (tertiary/aromatic N) is 1. The molecule has 5 nitrogen and oxygen atoms in total. The van der Waals surface area contributed by atoms with Gasteiger partial charge in [0.15, 0.2) is 0 Å². The number of fused-ring (bicyclic) bond motifs is 1. The third-order valence-electron chi connectivity index (χ3n) is 6.38. The molecule has 2 N–H and O–H groups in total. The van der Waals surface area contributed by atoms with E-state index in [1.807, 2.05) is 71.8 Å². The number of amides is 2. The average molecular weight is 450 g/mol. The quantitative estimate of drug-likeness (QED) is 0.443. The van der Waals surface area contributed by atoms with Gasteiger partial charge in [-0.15, -0.1) is 0 Å². The van der Waals surface area contributed by atoms with Crippen LogP contribution in [-0.4, -0.2) is 40.8 Å².